The Morgan fingerprint density at radius 3 is 2.37 bits per heavy atom. The molecule has 160 valence electrons. The highest BCUT2D eigenvalue weighted by Gasteiger charge is 2.38. The van der Waals surface area contributed by atoms with Gasteiger partial charge in [-0.2, -0.15) is 0 Å². The SMILES string of the molecule is COC(=O)CCCCCCCN1CC(c2ccc(Cl)cc2)N(c2ccccc2)C1=O. The Morgan fingerprint density at radius 1 is 1.00 bits per heavy atom. The number of ether oxygens (including phenoxy) is 1. The number of carbonyl (C=O) groups is 2. The molecule has 0 spiro atoms. The fourth-order valence-electron chi connectivity index (χ4n) is 3.86. The Bertz CT molecular complexity index is 826. The van der Waals surface area contributed by atoms with Crippen LogP contribution in [0.4, 0.5) is 10.5 Å². The van der Waals surface area contributed by atoms with Crippen LogP contribution in [0.15, 0.2) is 54.6 Å². The molecule has 0 saturated carbocycles. The summed E-state index contributed by atoms with van der Waals surface area (Å²) in [5, 5.41) is 0.693. The van der Waals surface area contributed by atoms with Gasteiger partial charge in [0.2, 0.25) is 0 Å². The van der Waals surface area contributed by atoms with Gasteiger partial charge in [0.15, 0.2) is 0 Å². The first-order valence-electron chi connectivity index (χ1n) is 10.6. The molecule has 3 rings (SSSR count). The van der Waals surface area contributed by atoms with E-state index in [0.717, 1.165) is 49.9 Å². The van der Waals surface area contributed by atoms with Gasteiger partial charge >= 0.3 is 12.0 Å². The molecule has 0 bridgehead atoms. The maximum absolute atomic E-state index is 13.2. The van der Waals surface area contributed by atoms with Crippen LogP contribution in [0.1, 0.15) is 50.1 Å². The van der Waals surface area contributed by atoms with Crippen LogP contribution >= 0.6 is 11.6 Å². The minimum atomic E-state index is -0.146. The Labute approximate surface area is 183 Å². The third kappa shape index (κ3) is 5.76. The number of rotatable bonds is 10. The topological polar surface area (TPSA) is 49.9 Å². The number of hydrogen-bond donors (Lipinski definition) is 0. The number of esters is 1. The fraction of sp³-hybridized carbons (Fsp3) is 0.417. The molecular weight excluding hydrogens is 400 g/mol. The monoisotopic (exact) mass is 428 g/mol. The zero-order chi connectivity index (χ0) is 21.3. The van der Waals surface area contributed by atoms with Gasteiger partial charge in [0.1, 0.15) is 0 Å². The molecule has 0 aliphatic carbocycles. The highest BCUT2D eigenvalue weighted by Crippen LogP contribution is 2.35. The van der Waals surface area contributed by atoms with Crippen molar-refractivity contribution in [3.05, 3.63) is 65.2 Å². The van der Waals surface area contributed by atoms with Crippen molar-refractivity contribution in [2.75, 3.05) is 25.1 Å². The van der Waals surface area contributed by atoms with Gasteiger partial charge in [-0.3, -0.25) is 9.69 Å². The van der Waals surface area contributed by atoms with E-state index in [0.29, 0.717) is 18.0 Å². The maximum atomic E-state index is 13.2. The molecule has 0 radical (unpaired) electrons. The number of urea groups is 1. The maximum Gasteiger partial charge on any atom is 0.325 e. The number of halogens is 1. The van der Waals surface area contributed by atoms with Crippen molar-refractivity contribution in [1.29, 1.82) is 0 Å². The molecule has 2 amide bonds. The summed E-state index contributed by atoms with van der Waals surface area (Å²) in [6.07, 6.45) is 5.40. The van der Waals surface area contributed by atoms with E-state index < -0.39 is 0 Å². The molecular formula is C24H29ClN2O3. The van der Waals surface area contributed by atoms with Crippen LogP contribution < -0.4 is 4.90 Å². The van der Waals surface area contributed by atoms with Gasteiger partial charge in [0.05, 0.1) is 13.2 Å². The number of nitrogens with zero attached hydrogens (tertiary/aromatic N) is 2. The standard InChI is InChI=1S/C24H29ClN2O3/c1-30-23(28)12-8-3-2-4-9-17-26-18-22(19-13-15-20(25)16-14-19)27(24(26)29)21-10-6-5-7-11-21/h5-7,10-11,13-16,22H,2-4,8-9,12,17-18H2,1H3. The van der Waals surface area contributed by atoms with Crippen molar-refractivity contribution in [2.24, 2.45) is 0 Å². The van der Waals surface area contributed by atoms with Crippen LogP contribution in [0.2, 0.25) is 5.02 Å². The van der Waals surface area contributed by atoms with Crippen LogP contribution in [0, 0.1) is 0 Å². The molecule has 1 atom stereocenters. The highest BCUT2D eigenvalue weighted by atomic mass is 35.5. The second kappa shape index (κ2) is 11.0. The molecule has 1 fully saturated rings. The lowest BCUT2D eigenvalue weighted by Crippen LogP contribution is -2.33. The van der Waals surface area contributed by atoms with Crippen molar-refractivity contribution >= 4 is 29.3 Å². The van der Waals surface area contributed by atoms with E-state index in [-0.39, 0.29) is 18.0 Å². The van der Waals surface area contributed by atoms with E-state index in [1.165, 1.54) is 7.11 Å². The molecule has 1 unspecified atom stereocenters. The average molecular weight is 429 g/mol. The number of benzene rings is 2. The normalized spacial score (nSPS) is 16.2. The molecule has 0 N–H and O–H groups in total. The fourth-order valence-corrected chi connectivity index (χ4v) is 3.99. The largest absolute Gasteiger partial charge is 0.469 e. The smallest absolute Gasteiger partial charge is 0.325 e. The minimum Gasteiger partial charge on any atom is -0.469 e. The second-order valence-electron chi connectivity index (χ2n) is 7.60. The van der Waals surface area contributed by atoms with Crippen molar-refractivity contribution < 1.29 is 14.3 Å². The van der Waals surface area contributed by atoms with E-state index in [1.54, 1.807) is 0 Å². The number of para-hydroxylation sites is 1. The lowest BCUT2D eigenvalue weighted by atomic mass is 10.1. The summed E-state index contributed by atoms with van der Waals surface area (Å²) in [7, 11) is 1.42. The minimum absolute atomic E-state index is 0.0303. The Hall–Kier alpha value is -2.53. The summed E-state index contributed by atoms with van der Waals surface area (Å²) in [5.41, 5.74) is 2.00. The summed E-state index contributed by atoms with van der Waals surface area (Å²) < 4.78 is 4.66. The van der Waals surface area contributed by atoms with E-state index in [4.69, 9.17) is 11.6 Å². The number of methoxy groups -OCH3 is 1. The highest BCUT2D eigenvalue weighted by molar-refractivity contribution is 6.30. The third-order valence-electron chi connectivity index (χ3n) is 5.51. The molecule has 1 aliphatic rings. The van der Waals surface area contributed by atoms with Crippen molar-refractivity contribution in [1.82, 2.24) is 4.90 Å². The summed E-state index contributed by atoms with van der Waals surface area (Å²) >= 11 is 6.06. The Kier molecular flexibility index (Phi) is 8.14. The zero-order valence-electron chi connectivity index (χ0n) is 17.4. The van der Waals surface area contributed by atoms with E-state index in [1.807, 2.05) is 64.4 Å². The molecule has 0 aromatic heterocycles. The summed E-state index contributed by atoms with van der Waals surface area (Å²) in [4.78, 5) is 28.2. The summed E-state index contributed by atoms with van der Waals surface area (Å²) in [6, 6.07) is 17.6. The molecule has 6 heteroatoms. The van der Waals surface area contributed by atoms with Gasteiger partial charge < -0.3 is 9.64 Å². The third-order valence-corrected chi connectivity index (χ3v) is 5.76. The average Bonchev–Trinajstić information content (AvgIpc) is 3.10. The first-order valence-corrected chi connectivity index (χ1v) is 10.9. The number of amides is 2. The van der Waals surface area contributed by atoms with Crippen molar-refractivity contribution in [3.8, 4) is 0 Å². The summed E-state index contributed by atoms with van der Waals surface area (Å²) in [6.45, 7) is 1.40. The number of carbonyl (C=O) groups excluding carboxylic acids is 2. The quantitative estimate of drug-likeness (QED) is 0.353. The summed E-state index contributed by atoms with van der Waals surface area (Å²) in [5.74, 6) is -0.146. The molecule has 1 heterocycles. The van der Waals surface area contributed by atoms with Gasteiger partial charge in [-0.05, 0) is 42.7 Å². The van der Waals surface area contributed by atoms with Crippen molar-refractivity contribution in [2.45, 2.75) is 44.6 Å². The van der Waals surface area contributed by atoms with Gasteiger partial charge in [0.25, 0.3) is 0 Å². The van der Waals surface area contributed by atoms with Gasteiger partial charge in [-0.15, -0.1) is 0 Å². The molecule has 2 aromatic rings. The van der Waals surface area contributed by atoms with E-state index in [2.05, 4.69) is 4.74 Å². The zero-order valence-corrected chi connectivity index (χ0v) is 18.2. The van der Waals surface area contributed by atoms with Crippen LogP contribution in [0.5, 0.6) is 0 Å². The number of hydrogen-bond acceptors (Lipinski definition) is 3. The van der Waals surface area contributed by atoms with Crippen molar-refractivity contribution in [3.63, 3.8) is 0 Å². The predicted octanol–water partition coefficient (Wildman–Crippen LogP) is 5.84. The lowest BCUT2D eigenvalue weighted by molar-refractivity contribution is -0.140. The first-order chi connectivity index (χ1) is 14.6. The van der Waals surface area contributed by atoms with Crippen LogP contribution in [-0.4, -0.2) is 37.1 Å². The predicted molar refractivity (Wildman–Crippen MR) is 120 cm³/mol. The molecule has 2 aromatic carbocycles. The van der Waals surface area contributed by atoms with E-state index >= 15 is 0 Å². The second-order valence-corrected chi connectivity index (χ2v) is 8.03. The lowest BCUT2D eigenvalue weighted by Gasteiger charge is -2.23. The molecule has 5 nitrogen and oxygen atoms in total. The number of anilines is 1. The van der Waals surface area contributed by atoms with E-state index in [9.17, 15) is 9.59 Å². The first kappa shape index (κ1) is 22.2. The van der Waals surface area contributed by atoms with Gasteiger partial charge in [0, 0.05) is 30.2 Å². The number of unbranched alkanes of at least 4 members (excludes halogenated alkanes) is 4. The molecule has 30 heavy (non-hydrogen) atoms. The molecule has 1 aliphatic heterocycles. The Morgan fingerprint density at radius 2 is 1.67 bits per heavy atom. The molecule has 1 saturated heterocycles. The van der Waals surface area contributed by atoms with Crippen LogP contribution in [0.3, 0.4) is 0 Å². The Balaban J connectivity index is 1.58. The van der Waals surface area contributed by atoms with Gasteiger partial charge in [-0.25, -0.2) is 4.79 Å². The van der Waals surface area contributed by atoms with Crippen LogP contribution in [-0.2, 0) is 9.53 Å². The van der Waals surface area contributed by atoms with Crippen LogP contribution in [0.25, 0.3) is 0 Å². The van der Waals surface area contributed by atoms with Gasteiger partial charge in [-0.1, -0.05) is 61.2 Å².